The third kappa shape index (κ3) is 5.21. The molecule has 1 saturated heterocycles. The molecule has 1 rings (SSSR count). The molecule has 0 spiro atoms. The zero-order valence-corrected chi connectivity index (χ0v) is 12.7. The van der Waals surface area contributed by atoms with Crippen molar-refractivity contribution in [2.24, 2.45) is 11.8 Å². The summed E-state index contributed by atoms with van der Waals surface area (Å²) < 4.78 is 0. The molecule has 1 aliphatic heterocycles. The van der Waals surface area contributed by atoms with E-state index in [-0.39, 0.29) is 23.8 Å². The molecule has 1 atom stereocenters. The van der Waals surface area contributed by atoms with E-state index in [0.717, 1.165) is 32.4 Å². The standard InChI is InChI=1S/C15H28N2O2/c1-5-12(4)16-15(19)13-6-8-17(9-7-13)14(18)10-11(2)3/h11-13H,5-10H2,1-4H3,(H,16,19). The van der Waals surface area contributed by atoms with Crippen molar-refractivity contribution in [1.29, 1.82) is 0 Å². The number of hydrogen-bond acceptors (Lipinski definition) is 2. The van der Waals surface area contributed by atoms with E-state index in [4.69, 9.17) is 0 Å². The number of carbonyl (C=O) groups is 2. The van der Waals surface area contributed by atoms with Crippen molar-refractivity contribution in [2.75, 3.05) is 13.1 Å². The maximum atomic E-state index is 12.0. The number of piperidine rings is 1. The summed E-state index contributed by atoms with van der Waals surface area (Å²) in [6, 6.07) is 0.244. The van der Waals surface area contributed by atoms with Gasteiger partial charge in [-0.1, -0.05) is 20.8 Å². The summed E-state index contributed by atoms with van der Waals surface area (Å²) in [7, 11) is 0. The summed E-state index contributed by atoms with van der Waals surface area (Å²) in [5.41, 5.74) is 0. The lowest BCUT2D eigenvalue weighted by Gasteiger charge is -2.32. The zero-order chi connectivity index (χ0) is 14.4. The number of nitrogens with one attached hydrogen (secondary N) is 1. The second-order valence-electron chi connectivity index (χ2n) is 6.07. The fourth-order valence-corrected chi connectivity index (χ4v) is 2.33. The fraction of sp³-hybridized carbons (Fsp3) is 0.867. The van der Waals surface area contributed by atoms with E-state index in [1.165, 1.54) is 0 Å². The molecule has 0 saturated carbocycles. The summed E-state index contributed by atoms with van der Waals surface area (Å²) in [6.45, 7) is 9.67. The lowest BCUT2D eigenvalue weighted by atomic mass is 9.95. The van der Waals surface area contributed by atoms with Crippen molar-refractivity contribution >= 4 is 11.8 Å². The maximum Gasteiger partial charge on any atom is 0.223 e. The third-order valence-corrected chi connectivity index (χ3v) is 3.80. The van der Waals surface area contributed by atoms with Gasteiger partial charge in [-0.15, -0.1) is 0 Å². The predicted octanol–water partition coefficient (Wildman–Crippen LogP) is 2.19. The van der Waals surface area contributed by atoms with Gasteiger partial charge in [0.2, 0.25) is 11.8 Å². The van der Waals surface area contributed by atoms with Crippen molar-refractivity contribution in [3.63, 3.8) is 0 Å². The van der Waals surface area contributed by atoms with Crippen LogP contribution in [0, 0.1) is 11.8 Å². The first kappa shape index (κ1) is 16.0. The molecule has 0 bridgehead atoms. The largest absolute Gasteiger partial charge is 0.353 e. The topological polar surface area (TPSA) is 49.4 Å². The number of nitrogens with zero attached hydrogens (tertiary/aromatic N) is 1. The van der Waals surface area contributed by atoms with Gasteiger partial charge in [0.1, 0.15) is 0 Å². The van der Waals surface area contributed by atoms with Crippen LogP contribution in [0.1, 0.15) is 53.4 Å². The Morgan fingerprint density at radius 1 is 1.21 bits per heavy atom. The van der Waals surface area contributed by atoms with E-state index in [1.807, 2.05) is 11.8 Å². The average molecular weight is 268 g/mol. The monoisotopic (exact) mass is 268 g/mol. The Bertz CT molecular complexity index is 307. The van der Waals surface area contributed by atoms with Gasteiger partial charge in [-0.25, -0.2) is 0 Å². The number of carbonyl (C=O) groups excluding carboxylic acids is 2. The molecule has 110 valence electrons. The molecule has 19 heavy (non-hydrogen) atoms. The highest BCUT2D eigenvalue weighted by atomic mass is 16.2. The van der Waals surface area contributed by atoms with E-state index in [9.17, 15) is 9.59 Å². The molecule has 1 aliphatic rings. The highest BCUT2D eigenvalue weighted by Crippen LogP contribution is 2.19. The van der Waals surface area contributed by atoms with Gasteiger partial charge in [0.15, 0.2) is 0 Å². The number of amides is 2. The highest BCUT2D eigenvalue weighted by molar-refractivity contribution is 5.80. The number of likely N-dealkylation sites (tertiary alicyclic amines) is 1. The second-order valence-corrected chi connectivity index (χ2v) is 6.07. The SMILES string of the molecule is CCC(C)NC(=O)C1CCN(C(=O)CC(C)C)CC1. The van der Waals surface area contributed by atoms with Crippen molar-refractivity contribution in [3.05, 3.63) is 0 Å². The first-order chi connectivity index (χ1) is 8.93. The lowest BCUT2D eigenvalue weighted by molar-refractivity contribution is -0.136. The normalized spacial score (nSPS) is 18.5. The van der Waals surface area contributed by atoms with Gasteiger partial charge in [-0.2, -0.15) is 0 Å². The lowest BCUT2D eigenvalue weighted by Crippen LogP contribution is -2.44. The van der Waals surface area contributed by atoms with E-state index in [2.05, 4.69) is 26.1 Å². The van der Waals surface area contributed by atoms with Crippen LogP contribution >= 0.6 is 0 Å². The average Bonchev–Trinajstić information content (AvgIpc) is 2.37. The van der Waals surface area contributed by atoms with Gasteiger partial charge in [0, 0.05) is 31.5 Å². The summed E-state index contributed by atoms with van der Waals surface area (Å²) >= 11 is 0. The van der Waals surface area contributed by atoms with E-state index < -0.39 is 0 Å². The van der Waals surface area contributed by atoms with Crippen LogP contribution in [0.4, 0.5) is 0 Å². The van der Waals surface area contributed by atoms with Gasteiger partial charge >= 0.3 is 0 Å². The third-order valence-electron chi connectivity index (χ3n) is 3.80. The van der Waals surface area contributed by atoms with Crippen molar-refractivity contribution in [2.45, 2.75) is 59.4 Å². The minimum atomic E-state index is 0.0806. The Labute approximate surface area is 116 Å². The van der Waals surface area contributed by atoms with Gasteiger partial charge in [0.05, 0.1) is 0 Å². The summed E-state index contributed by atoms with van der Waals surface area (Å²) in [4.78, 5) is 25.9. The molecular weight excluding hydrogens is 240 g/mol. The van der Waals surface area contributed by atoms with Gasteiger partial charge in [0.25, 0.3) is 0 Å². The van der Waals surface area contributed by atoms with E-state index in [1.54, 1.807) is 0 Å². The molecule has 0 aromatic rings. The van der Waals surface area contributed by atoms with Crippen LogP contribution in [-0.2, 0) is 9.59 Å². The molecule has 1 heterocycles. The smallest absolute Gasteiger partial charge is 0.223 e. The summed E-state index contributed by atoms with van der Waals surface area (Å²) in [6.07, 6.45) is 3.17. The van der Waals surface area contributed by atoms with Crippen molar-refractivity contribution in [3.8, 4) is 0 Å². The minimum Gasteiger partial charge on any atom is -0.353 e. The van der Waals surface area contributed by atoms with Gasteiger partial charge in [-0.3, -0.25) is 9.59 Å². The summed E-state index contributed by atoms with van der Waals surface area (Å²) in [5.74, 6) is 0.872. The molecular formula is C15H28N2O2. The van der Waals surface area contributed by atoms with Gasteiger partial charge in [-0.05, 0) is 32.1 Å². The quantitative estimate of drug-likeness (QED) is 0.831. The Kier molecular flexibility index (Phi) is 6.32. The van der Waals surface area contributed by atoms with Crippen LogP contribution < -0.4 is 5.32 Å². The van der Waals surface area contributed by atoms with Crippen molar-refractivity contribution < 1.29 is 9.59 Å². The Morgan fingerprint density at radius 3 is 2.26 bits per heavy atom. The number of rotatable bonds is 5. The van der Waals surface area contributed by atoms with Crippen LogP contribution in [0.3, 0.4) is 0 Å². The molecule has 1 unspecified atom stereocenters. The second kappa shape index (κ2) is 7.51. The molecule has 2 amide bonds. The van der Waals surface area contributed by atoms with Crippen LogP contribution in [-0.4, -0.2) is 35.8 Å². The molecule has 4 heteroatoms. The van der Waals surface area contributed by atoms with Crippen LogP contribution in [0.5, 0.6) is 0 Å². The summed E-state index contributed by atoms with van der Waals surface area (Å²) in [5, 5.41) is 3.03. The van der Waals surface area contributed by atoms with E-state index in [0.29, 0.717) is 12.3 Å². The Balaban J connectivity index is 2.36. The molecule has 0 aromatic carbocycles. The number of hydrogen-bond donors (Lipinski definition) is 1. The fourth-order valence-electron chi connectivity index (χ4n) is 2.33. The molecule has 0 aliphatic carbocycles. The van der Waals surface area contributed by atoms with Gasteiger partial charge < -0.3 is 10.2 Å². The van der Waals surface area contributed by atoms with Crippen LogP contribution in [0.15, 0.2) is 0 Å². The predicted molar refractivity (Wildman–Crippen MR) is 76.7 cm³/mol. The molecule has 1 fully saturated rings. The van der Waals surface area contributed by atoms with E-state index >= 15 is 0 Å². The highest BCUT2D eigenvalue weighted by Gasteiger charge is 2.27. The first-order valence-electron chi connectivity index (χ1n) is 7.52. The molecule has 1 N–H and O–H groups in total. The zero-order valence-electron chi connectivity index (χ0n) is 12.7. The molecule has 0 aromatic heterocycles. The van der Waals surface area contributed by atoms with Crippen LogP contribution in [0.25, 0.3) is 0 Å². The minimum absolute atomic E-state index is 0.0806. The Hall–Kier alpha value is -1.06. The molecule has 0 radical (unpaired) electrons. The van der Waals surface area contributed by atoms with Crippen molar-refractivity contribution in [1.82, 2.24) is 10.2 Å². The Morgan fingerprint density at radius 2 is 1.79 bits per heavy atom. The van der Waals surface area contributed by atoms with Crippen LogP contribution in [0.2, 0.25) is 0 Å². The first-order valence-corrected chi connectivity index (χ1v) is 7.52. The molecule has 4 nitrogen and oxygen atoms in total. The maximum absolute atomic E-state index is 12.0.